The van der Waals surface area contributed by atoms with Gasteiger partial charge in [0.15, 0.2) is 0 Å². The van der Waals surface area contributed by atoms with Crippen molar-refractivity contribution in [2.45, 2.75) is 56.1 Å². The van der Waals surface area contributed by atoms with Gasteiger partial charge in [-0.3, -0.25) is 14.4 Å². The maximum atomic E-state index is 13.7. The first-order valence-electron chi connectivity index (χ1n) is 11.6. The lowest BCUT2D eigenvalue weighted by molar-refractivity contribution is -0.242. The number of rotatable bonds is 7. The van der Waals surface area contributed by atoms with Crippen LogP contribution in [0.25, 0.3) is 0 Å². The van der Waals surface area contributed by atoms with Crippen molar-refractivity contribution in [2.75, 3.05) is 22.7 Å². The van der Waals surface area contributed by atoms with Crippen molar-refractivity contribution in [1.82, 2.24) is 5.32 Å². The molecule has 1 heterocycles. The number of benzene rings is 2. The van der Waals surface area contributed by atoms with Gasteiger partial charge in [-0.05, 0) is 64.1 Å². The Morgan fingerprint density at radius 1 is 1.15 bits per heavy atom. The minimum Gasteiger partial charge on any atom is -0.484 e. The molecular weight excluding hydrogens is 586 g/mol. The van der Waals surface area contributed by atoms with Gasteiger partial charge in [0.2, 0.25) is 5.60 Å². The van der Waals surface area contributed by atoms with Crippen molar-refractivity contribution in [1.29, 1.82) is 0 Å². The number of ether oxygens (including phenoxy) is 2. The van der Waals surface area contributed by atoms with Crippen LogP contribution in [0.4, 0.5) is 33.7 Å². The lowest BCUT2D eigenvalue weighted by Crippen LogP contribution is -2.51. The zero-order valence-electron chi connectivity index (χ0n) is 21.6. The predicted molar refractivity (Wildman–Crippen MR) is 136 cm³/mol. The summed E-state index contributed by atoms with van der Waals surface area (Å²) in [5.41, 5.74) is -4.79. The summed E-state index contributed by atoms with van der Waals surface area (Å²) >= 11 is 5.79. The van der Waals surface area contributed by atoms with Crippen molar-refractivity contribution in [3.05, 3.63) is 47.2 Å². The van der Waals surface area contributed by atoms with Gasteiger partial charge in [0.1, 0.15) is 23.3 Å². The highest BCUT2D eigenvalue weighted by Crippen LogP contribution is 2.40. The second-order valence-electron chi connectivity index (χ2n) is 9.83. The topological polar surface area (TPSA) is 134 Å². The summed E-state index contributed by atoms with van der Waals surface area (Å²) < 4.78 is 91.4. The van der Waals surface area contributed by atoms with E-state index in [1.807, 2.05) is 0 Å². The molecule has 220 valence electrons. The Labute approximate surface area is 232 Å². The third kappa shape index (κ3) is 6.88. The van der Waals surface area contributed by atoms with E-state index in [2.05, 4.69) is 15.4 Å². The number of hydrogen-bond acceptors (Lipinski definition) is 7. The van der Waals surface area contributed by atoms with Crippen LogP contribution < -0.4 is 19.7 Å². The Morgan fingerprint density at radius 2 is 1.80 bits per heavy atom. The molecule has 10 nitrogen and oxygen atoms in total. The average Bonchev–Trinajstić information content (AvgIpc) is 2.81. The normalized spacial score (nSPS) is 16.1. The lowest BCUT2D eigenvalue weighted by atomic mass is 10.1. The Morgan fingerprint density at radius 3 is 2.38 bits per heavy atom. The van der Waals surface area contributed by atoms with Crippen LogP contribution in [0.3, 0.4) is 0 Å². The molecule has 16 heteroatoms. The molecule has 0 saturated heterocycles. The van der Waals surface area contributed by atoms with Gasteiger partial charge in [0.25, 0.3) is 15.9 Å². The van der Waals surface area contributed by atoms with E-state index in [4.69, 9.17) is 16.3 Å². The number of nitrogens with zero attached hydrogens (tertiary/aromatic N) is 1. The van der Waals surface area contributed by atoms with Gasteiger partial charge in [-0.15, -0.1) is 0 Å². The van der Waals surface area contributed by atoms with E-state index in [9.17, 15) is 40.7 Å². The zero-order chi connectivity index (χ0) is 30.3. The molecule has 0 fully saturated rings. The molecule has 2 aromatic carbocycles. The molecule has 3 rings (SSSR count). The number of sulfonamides is 1. The average molecular weight is 612 g/mol. The van der Waals surface area contributed by atoms with Gasteiger partial charge in [-0.1, -0.05) is 11.6 Å². The highest BCUT2D eigenvalue weighted by molar-refractivity contribution is 7.92. The maximum Gasteiger partial charge on any atom is 0.427 e. The van der Waals surface area contributed by atoms with E-state index in [1.165, 1.54) is 26.0 Å². The van der Waals surface area contributed by atoms with Crippen LogP contribution >= 0.6 is 11.6 Å². The molecule has 0 radical (unpaired) electrons. The molecule has 3 N–H and O–H groups in total. The molecule has 40 heavy (non-hydrogen) atoms. The molecular formula is C24H26ClF4N3O7S. The van der Waals surface area contributed by atoms with Crippen LogP contribution in [-0.4, -0.2) is 62.1 Å². The summed E-state index contributed by atoms with van der Waals surface area (Å²) in [4.78, 5) is 23.9. The molecule has 0 bridgehead atoms. The third-order valence-corrected chi connectivity index (χ3v) is 7.76. The SMILES string of the molecule is CC(C)(O)C(=O)NCC1CN(S(=O)(=O)c2ccc(F)c(Cl)c2)c2cc(NC(=O)OC(C)(C)C(F)(F)F)ccc2O1. The number of amides is 2. The highest BCUT2D eigenvalue weighted by Gasteiger charge is 2.51. The van der Waals surface area contributed by atoms with Gasteiger partial charge in [-0.25, -0.2) is 17.6 Å². The van der Waals surface area contributed by atoms with Gasteiger partial charge in [-0.2, -0.15) is 13.2 Å². The number of hydrogen-bond donors (Lipinski definition) is 3. The predicted octanol–water partition coefficient (Wildman–Crippen LogP) is 4.21. The van der Waals surface area contributed by atoms with E-state index in [-0.39, 0.29) is 23.7 Å². The summed E-state index contributed by atoms with van der Waals surface area (Å²) in [7, 11) is -4.46. The van der Waals surface area contributed by atoms with E-state index in [1.54, 1.807) is 0 Å². The van der Waals surface area contributed by atoms with E-state index in [0.29, 0.717) is 13.8 Å². The van der Waals surface area contributed by atoms with Crippen molar-refractivity contribution in [3.8, 4) is 5.75 Å². The van der Waals surface area contributed by atoms with Crippen molar-refractivity contribution in [2.24, 2.45) is 0 Å². The van der Waals surface area contributed by atoms with E-state index < -0.39 is 67.8 Å². The minimum absolute atomic E-state index is 0.0277. The summed E-state index contributed by atoms with van der Waals surface area (Å²) in [5, 5.41) is 14.0. The van der Waals surface area contributed by atoms with Crippen molar-refractivity contribution >= 4 is 45.0 Å². The molecule has 1 unspecified atom stereocenters. The standard InChI is InChI=1S/C24H26ClF4N3O7S/c1-22(2,35)20(33)30-11-14-12-32(40(36,37)15-6-7-17(26)16(25)10-15)18-9-13(5-8-19(18)38-14)31-21(34)39-23(3,4)24(27,28)29/h5-10,14,35H,11-12H2,1-4H3,(H,30,33)(H,31,34). The van der Waals surface area contributed by atoms with Crippen molar-refractivity contribution in [3.63, 3.8) is 0 Å². The summed E-state index contributed by atoms with van der Waals surface area (Å²) in [6.07, 6.45) is -7.28. The molecule has 1 aliphatic heterocycles. The molecule has 0 spiro atoms. The maximum absolute atomic E-state index is 13.7. The first-order chi connectivity index (χ1) is 18.2. The van der Waals surface area contributed by atoms with Crippen LogP contribution in [0.15, 0.2) is 41.3 Å². The second kappa shape index (κ2) is 10.9. The first-order valence-corrected chi connectivity index (χ1v) is 13.4. The Bertz CT molecular complexity index is 1410. The fourth-order valence-electron chi connectivity index (χ4n) is 3.34. The van der Waals surface area contributed by atoms with Gasteiger partial charge in [0, 0.05) is 5.69 Å². The third-order valence-electron chi connectivity index (χ3n) is 5.69. The number of alkyl halides is 3. The van der Waals surface area contributed by atoms with Crippen LogP contribution in [0, 0.1) is 5.82 Å². The summed E-state index contributed by atoms with van der Waals surface area (Å²) in [5.74, 6) is -1.64. The lowest BCUT2D eigenvalue weighted by Gasteiger charge is -2.36. The first kappa shape index (κ1) is 31.2. The van der Waals surface area contributed by atoms with Crippen LogP contribution in [0.1, 0.15) is 27.7 Å². The highest BCUT2D eigenvalue weighted by atomic mass is 35.5. The Kier molecular flexibility index (Phi) is 8.54. The van der Waals surface area contributed by atoms with Crippen LogP contribution in [-0.2, 0) is 19.6 Å². The van der Waals surface area contributed by atoms with Gasteiger partial charge < -0.3 is 19.9 Å². The number of carbonyl (C=O) groups is 2. The monoisotopic (exact) mass is 611 g/mol. The van der Waals surface area contributed by atoms with Gasteiger partial charge in [0.05, 0.1) is 28.7 Å². The van der Waals surface area contributed by atoms with E-state index >= 15 is 0 Å². The zero-order valence-corrected chi connectivity index (χ0v) is 23.2. The quantitative estimate of drug-likeness (QED) is 0.399. The largest absolute Gasteiger partial charge is 0.484 e. The molecule has 1 aliphatic rings. The fraction of sp³-hybridized carbons (Fsp3) is 0.417. The molecule has 2 aromatic rings. The van der Waals surface area contributed by atoms with E-state index in [0.717, 1.165) is 28.6 Å². The van der Waals surface area contributed by atoms with Crippen LogP contribution in [0.5, 0.6) is 5.75 Å². The number of carbonyl (C=O) groups excluding carboxylic acids is 2. The number of halogens is 5. The Balaban J connectivity index is 1.97. The number of aliphatic hydroxyl groups is 1. The fourth-order valence-corrected chi connectivity index (χ4v) is 5.11. The number of fused-ring (bicyclic) bond motifs is 1. The van der Waals surface area contributed by atoms with Gasteiger partial charge >= 0.3 is 12.3 Å². The molecule has 0 aromatic heterocycles. The summed E-state index contributed by atoms with van der Waals surface area (Å²) in [6.45, 7) is 3.20. The molecule has 0 aliphatic carbocycles. The van der Waals surface area contributed by atoms with Crippen LogP contribution in [0.2, 0.25) is 5.02 Å². The molecule has 1 atom stereocenters. The van der Waals surface area contributed by atoms with Crippen molar-refractivity contribution < 1.29 is 50.1 Å². The second-order valence-corrected chi connectivity index (χ2v) is 12.1. The summed E-state index contributed by atoms with van der Waals surface area (Å²) in [6, 6.07) is 6.35. The molecule has 0 saturated carbocycles. The smallest absolute Gasteiger partial charge is 0.427 e. The minimum atomic E-state index is -4.86. The molecule has 2 amide bonds. The number of anilines is 2. The Hall–Kier alpha value is -3.30. The number of nitrogens with one attached hydrogen (secondary N) is 2.